The molecule has 3 aromatic rings. The highest BCUT2D eigenvalue weighted by Crippen LogP contribution is 2.33. The van der Waals surface area contributed by atoms with Crippen LogP contribution in [0.25, 0.3) is 22.4 Å². The SMILES string of the molecule is Cc1cc(-c2cnc(N3C[C@@H](C)O[C@@H](C)C3)nc2-c2cnc(F)cc2C)ccn1.Cl. The highest BCUT2D eigenvalue weighted by molar-refractivity contribution is 5.85. The van der Waals surface area contributed by atoms with E-state index in [-0.39, 0.29) is 24.6 Å². The van der Waals surface area contributed by atoms with E-state index < -0.39 is 5.95 Å². The fraction of sp³-hybridized carbons (Fsp3) is 0.364. The largest absolute Gasteiger partial charge is 0.372 e. The minimum Gasteiger partial charge on any atom is -0.372 e. The van der Waals surface area contributed by atoms with E-state index >= 15 is 0 Å². The molecule has 0 amide bonds. The number of morpholine rings is 1. The number of ether oxygens (including phenoxy) is 1. The first-order valence-electron chi connectivity index (χ1n) is 9.73. The van der Waals surface area contributed by atoms with Gasteiger partial charge in [-0.1, -0.05) is 0 Å². The monoisotopic (exact) mass is 429 g/mol. The summed E-state index contributed by atoms with van der Waals surface area (Å²) in [6.45, 7) is 9.34. The van der Waals surface area contributed by atoms with Crippen LogP contribution in [0.3, 0.4) is 0 Å². The number of aromatic nitrogens is 4. The summed E-state index contributed by atoms with van der Waals surface area (Å²) in [5.41, 5.74) is 5.03. The lowest BCUT2D eigenvalue weighted by atomic mass is 9.99. The lowest BCUT2D eigenvalue weighted by molar-refractivity contribution is -0.00571. The minimum atomic E-state index is -0.502. The number of rotatable bonds is 3. The van der Waals surface area contributed by atoms with Crippen LogP contribution in [-0.4, -0.2) is 45.2 Å². The van der Waals surface area contributed by atoms with Crippen molar-refractivity contribution < 1.29 is 9.13 Å². The molecule has 30 heavy (non-hydrogen) atoms. The van der Waals surface area contributed by atoms with E-state index in [1.165, 1.54) is 6.07 Å². The van der Waals surface area contributed by atoms with Gasteiger partial charge in [-0.15, -0.1) is 12.4 Å². The Kier molecular flexibility index (Phi) is 6.63. The van der Waals surface area contributed by atoms with Gasteiger partial charge in [-0.25, -0.2) is 15.0 Å². The van der Waals surface area contributed by atoms with Crippen molar-refractivity contribution in [1.82, 2.24) is 19.9 Å². The summed E-state index contributed by atoms with van der Waals surface area (Å²) in [5, 5.41) is 0. The van der Waals surface area contributed by atoms with Crippen molar-refractivity contribution >= 4 is 18.4 Å². The average molecular weight is 430 g/mol. The fourth-order valence-corrected chi connectivity index (χ4v) is 3.77. The number of hydrogen-bond donors (Lipinski definition) is 0. The van der Waals surface area contributed by atoms with Gasteiger partial charge in [0.25, 0.3) is 0 Å². The third-order valence-corrected chi connectivity index (χ3v) is 5.02. The molecule has 1 aliphatic heterocycles. The first kappa shape index (κ1) is 22.1. The van der Waals surface area contributed by atoms with Crippen LogP contribution < -0.4 is 4.90 Å². The normalized spacial score (nSPS) is 18.8. The smallest absolute Gasteiger partial charge is 0.226 e. The second-order valence-corrected chi connectivity index (χ2v) is 7.60. The van der Waals surface area contributed by atoms with Crippen LogP contribution in [0.4, 0.5) is 10.3 Å². The van der Waals surface area contributed by atoms with Gasteiger partial charge < -0.3 is 9.64 Å². The molecule has 0 N–H and O–H groups in total. The first-order chi connectivity index (χ1) is 13.9. The van der Waals surface area contributed by atoms with E-state index in [2.05, 4.69) is 19.9 Å². The highest BCUT2D eigenvalue weighted by Gasteiger charge is 2.25. The van der Waals surface area contributed by atoms with E-state index in [1.807, 2.05) is 46.0 Å². The zero-order chi connectivity index (χ0) is 20.5. The molecule has 1 fully saturated rings. The molecule has 6 nitrogen and oxygen atoms in total. The number of pyridine rings is 2. The number of aryl methyl sites for hydroxylation is 2. The van der Waals surface area contributed by atoms with Crippen LogP contribution in [0.15, 0.2) is 36.8 Å². The maximum atomic E-state index is 13.6. The maximum Gasteiger partial charge on any atom is 0.226 e. The lowest BCUT2D eigenvalue weighted by Crippen LogP contribution is -2.46. The Bertz CT molecular complexity index is 1040. The minimum absolute atomic E-state index is 0. The molecule has 0 aromatic carbocycles. The van der Waals surface area contributed by atoms with Gasteiger partial charge in [0.1, 0.15) is 0 Å². The van der Waals surface area contributed by atoms with Crippen LogP contribution in [0.1, 0.15) is 25.1 Å². The van der Waals surface area contributed by atoms with Crippen molar-refractivity contribution in [2.45, 2.75) is 39.9 Å². The van der Waals surface area contributed by atoms with Gasteiger partial charge in [0, 0.05) is 48.5 Å². The fourth-order valence-electron chi connectivity index (χ4n) is 3.77. The lowest BCUT2D eigenvalue weighted by Gasteiger charge is -2.35. The van der Waals surface area contributed by atoms with Crippen molar-refractivity contribution in [3.63, 3.8) is 0 Å². The molecule has 2 atom stereocenters. The predicted molar refractivity (Wildman–Crippen MR) is 117 cm³/mol. The second kappa shape index (κ2) is 9.02. The molecule has 8 heteroatoms. The van der Waals surface area contributed by atoms with Gasteiger partial charge >= 0.3 is 0 Å². The van der Waals surface area contributed by atoms with Gasteiger partial charge in [-0.2, -0.15) is 4.39 Å². The summed E-state index contributed by atoms with van der Waals surface area (Å²) in [4.78, 5) is 19.8. The molecule has 1 aliphatic rings. The van der Waals surface area contributed by atoms with Crippen molar-refractivity contribution in [3.05, 3.63) is 54.0 Å². The Labute approximate surface area is 182 Å². The molecule has 0 saturated carbocycles. The maximum absolute atomic E-state index is 13.6. The molecule has 0 bridgehead atoms. The average Bonchev–Trinajstić information content (AvgIpc) is 2.67. The van der Waals surface area contributed by atoms with Gasteiger partial charge in [0.05, 0.1) is 17.9 Å². The Balaban J connectivity index is 0.00000256. The number of halogens is 2. The van der Waals surface area contributed by atoms with Crippen LogP contribution >= 0.6 is 12.4 Å². The Morgan fingerprint density at radius 2 is 1.70 bits per heavy atom. The van der Waals surface area contributed by atoms with E-state index in [0.29, 0.717) is 5.95 Å². The third-order valence-electron chi connectivity index (χ3n) is 5.02. The molecule has 0 unspecified atom stereocenters. The summed E-state index contributed by atoms with van der Waals surface area (Å²) in [6.07, 6.45) is 5.34. The molecule has 0 spiro atoms. The molecule has 3 aromatic heterocycles. The van der Waals surface area contributed by atoms with Crippen molar-refractivity contribution in [2.24, 2.45) is 0 Å². The molecular weight excluding hydrogens is 405 g/mol. The molecule has 0 aliphatic carbocycles. The van der Waals surface area contributed by atoms with E-state index in [0.717, 1.165) is 46.7 Å². The number of anilines is 1. The summed E-state index contributed by atoms with van der Waals surface area (Å²) >= 11 is 0. The summed E-state index contributed by atoms with van der Waals surface area (Å²) < 4.78 is 19.5. The molecule has 1 saturated heterocycles. The zero-order valence-corrected chi connectivity index (χ0v) is 18.3. The van der Waals surface area contributed by atoms with Gasteiger partial charge in [0.2, 0.25) is 11.9 Å². The molecule has 4 rings (SSSR count). The molecule has 158 valence electrons. The third kappa shape index (κ3) is 4.57. The predicted octanol–water partition coefficient (Wildman–Crippen LogP) is 4.39. The van der Waals surface area contributed by atoms with Gasteiger partial charge in [-0.3, -0.25) is 4.98 Å². The summed E-state index contributed by atoms with van der Waals surface area (Å²) in [6, 6.07) is 5.35. The van der Waals surface area contributed by atoms with Gasteiger partial charge in [-0.05, 0) is 57.0 Å². The number of hydrogen-bond acceptors (Lipinski definition) is 6. The topological polar surface area (TPSA) is 64.0 Å². The van der Waals surface area contributed by atoms with Crippen LogP contribution in [0, 0.1) is 19.8 Å². The van der Waals surface area contributed by atoms with Crippen LogP contribution in [0.2, 0.25) is 0 Å². The van der Waals surface area contributed by atoms with Gasteiger partial charge in [0.15, 0.2) is 0 Å². The standard InChI is InChI=1S/C22H24FN5O.ClH/c1-13-7-20(23)25-9-18(13)21-19(17-5-6-24-14(2)8-17)10-26-22(27-21)28-11-15(3)29-16(4)12-28;/h5-10,15-16H,11-12H2,1-4H3;1H/t15-,16+;. The highest BCUT2D eigenvalue weighted by atomic mass is 35.5. The van der Waals surface area contributed by atoms with E-state index in [4.69, 9.17) is 9.72 Å². The Morgan fingerprint density at radius 1 is 1.00 bits per heavy atom. The number of nitrogens with zero attached hydrogens (tertiary/aromatic N) is 5. The first-order valence-corrected chi connectivity index (χ1v) is 9.73. The molecular formula is C22H25ClFN5O. The Hall–Kier alpha value is -2.64. The Morgan fingerprint density at radius 3 is 2.37 bits per heavy atom. The van der Waals surface area contributed by atoms with Crippen molar-refractivity contribution in [3.8, 4) is 22.4 Å². The zero-order valence-electron chi connectivity index (χ0n) is 17.5. The molecule has 0 radical (unpaired) electrons. The molecule has 4 heterocycles. The summed E-state index contributed by atoms with van der Waals surface area (Å²) in [7, 11) is 0. The van der Waals surface area contributed by atoms with E-state index in [9.17, 15) is 4.39 Å². The van der Waals surface area contributed by atoms with Crippen LogP contribution in [-0.2, 0) is 4.74 Å². The van der Waals surface area contributed by atoms with Crippen LogP contribution in [0.5, 0.6) is 0 Å². The van der Waals surface area contributed by atoms with Crippen molar-refractivity contribution in [2.75, 3.05) is 18.0 Å². The quantitative estimate of drug-likeness (QED) is 0.575. The van der Waals surface area contributed by atoms with E-state index in [1.54, 1.807) is 12.4 Å². The second-order valence-electron chi connectivity index (χ2n) is 7.60. The summed E-state index contributed by atoms with van der Waals surface area (Å²) in [5.74, 6) is 0.137. The van der Waals surface area contributed by atoms with Crippen molar-refractivity contribution in [1.29, 1.82) is 0 Å².